The molecule has 0 saturated carbocycles. The smallest absolute Gasteiger partial charge is 0.257 e. The number of rotatable bonds is 2. The van der Waals surface area contributed by atoms with Crippen LogP contribution < -0.4 is 5.32 Å². The SMILES string of the molecule is c1ccc2c(c1)CCCC2c1noc(C2CNCCO2)n1. The first kappa shape index (κ1) is 13.0. The molecule has 1 fully saturated rings. The molecule has 0 bridgehead atoms. The molecule has 1 saturated heterocycles. The van der Waals surface area contributed by atoms with E-state index in [-0.39, 0.29) is 12.0 Å². The summed E-state index contributed by atoms with van der Waals surface area (Å²) in [6.45, 7) is 2.31. The van der Waals surface area contributed by atoms with Gasteiger partial charge in [0.25, 0.3) is 5.89 Å². The topological polar surface area (TPSA) is 60.2 Å². The van der Waals surface area contributed by atoms with Gasteiger partial charge in [-0.15, -0.1) is 0 Å². The lowest BCUT2D eigenvalue weighted by molar-refractivity contribution is 0.00755. The van der Waals surface area contributed by atoms with Crippen LogP contribution in [-0.4, -0.2) is 29.8 Å². The van der Waals surface area contributed by atoms with E-state index in [9.17, 15) is 0 Å². The average molecular weight is 285 g/mol. The highest BCUT2D eigenvalue weighted by atomic mass is 16.5. The van der Waals surface area contributed by atoms with Crippen molar-refractivity contribution in [3.8, 4) is 0 Å². The van der Waals surface area contributed by atoms with Gasteiger partial charge in [-0.25, -0.2) is 0 Å². The second-order valence-corrected chi connectivity index (χ2v) is 5.70. The van der Waals surface area contributed by atoms with Crippen molar-refractivity contribution in [3.63, 3.8) is 0 Å². The Morgan fingerprint density at radius 2 is 2.19 bits per heavy atom. The van der Waals surface area contributed by atoms with Crippen LogP contribution in [0.15, 0.2) is 28.8 Å². The van der Waals surface area contributed by atoms with Gasteiger partial charge >= 0.3 is 0 Å². The number of hydrogen-bond acceptors (Lipinski definition) is 5. The van der Waals surface area contributed by atoms with E-state index in [0.29, 0.717) is 12.5 Å². The fourth-order valence-electron chi connectivity index (χ4n) is 3.27. The molecule has 2 unspecified atom stereocenters. The zero-order valence-electron chi connectivity index (χ0n) is 11.9. The van der Waals surface area contributed by atoms with Gasteiger partial charge in [0.05, 0.1) is 6.61 Å². The summed E-state index contributed by atoms with van der Waals surface area (Å²) >= 11 is 0. The lowest BCUT2D eigenvalue weighted by Gasteiger charge is -2.23. The largest absolute Gasteiger partial charge is 0.366 e. The normalized spacial score (nSPS) is 25.5. The zero-order valence-corrected chi connectivity index (χ0v) is 11.9. The maximum absolute atomic E-state index is 5.68. The van der Waals surface area contributed by atoms with Gasteiger partial charge in [-0.05, 0) is 30.4 Å². The second-order valence-electron chi connectivity index (χ2n) is 5.70. The van der Waals surface area contributed by atoms with E-state index in [1.54, 1.807) is 0 Å². The molecule has 5 nitrogen and oxygen atoms in total. The maximum atomic E-state index is 5.68. The molecule has 2 aromatic rings. The minimum atomic E-state index is -0.112. The third-order valence-corrected chi connectivity index (χ3v) is 4.34. The first-order valence-electron chi connectivity index (χ1n) is 7.65. The summed E-state index contributed by atoms with van der Waals surface area (Å²) in [5, 5.41) is 7.51. The summed E-state index contributed by atoms with van der Waals surface area (Å²) in [6, 6.07) is 8.58. The number of hydrogen-bond donors (Lipinski definition) is 1. The third-order valence-electron chi connectivity index (χ3n) is 4.34. The second kappa shape index (κ2) is 5.58. The minimum absolute atomic E-state index is 0.112. The molecule has 5 heteroatoms. The molecule has 4 rings (SSSR count). The molecule has 2 heterocycles. The van der Waals surface area contributed by atoms with Gasteiger partial charge in [-0.3, -0.25) is 0 Å². The number of morpholine rings is 1. The fourth-order valence-corrected chi connectivity index (χ4v) is 3.27. The predicted molar refractivity (Wildman–Crippen MR) is 77.1 cm³/mol. The van der Waals surface area contributed by atoms with Crippen molar-refractivity contribution in [1.29, 1.82) is 0 Å². The van der Waals surface area contributed by atoms with Crippen molar-refractivity contribution in [2.45, 2.75) is 31.3 Å². The predicted octanol–water partition coefficient (Wildman–Crippen LogP) is 2.20. The van der Waals surface area contributed by atoms with E-state index in [1.807, 2.05) is 0 Å². The number of benzene rings is 1. The van der Waals surface area contributed by atoms with Crippen LogP contribution in [0.3, 0.4) is 0 Å². The summed E-state index contributed by atoms with van der Waals surface area (Å²) in [5.74, 6) is 1.65. The Bertz CT molecular complexity index is 619. The van der Waals surface area contributed by atoms with Gasteiger partial charge in [0, 0.05) is 19.0 Å². The number of nitrogens with one attached hydrogen (secondary N) is 1. The quantitative estimate of drug-likeness (QED) is 0.916. The molecule has 0 amide bonds. The van der Waals surface area contributed by atoms with Crippen molar-refractivity contribution in [3.05, 3.63) is 47.1 Å². The summed E-state index contributed by atoms with van der Waals surface area (Å²) < 4.78 is 11.1. The fraction of sp³-hybridized carbons (Fsp3) is 0.500. The average Bonchev–Trinajstić information content (AvgIpc) is 3.05. The van der Waals surface area contributed by atoms with Crippen molar-refractivity contribution in [1.82, 2.24) is 15.5 Å². The molecule has 1 aliphatic carbocycles. The summed E-state index contributed by atoms with van der Waals surface area (Å²) in [7, 11) is 0. The Labute approximate surface area is 123 Å². The Morgan fingerprint density at radius 3 is 3.10 bits per heavy atom. The van der Waals surface area contributed by atoms with Crippen LogP contribution in [0.1, 0.15) is 47.7 Å². The highest BCUT2D eigenvalue weighted by molar-refractivity contribution is 5.36. The lowest BCUT2D eigenvalue weighted by Crippen LogP contribution is -2.33. The molecule has 2 atom stereocenters. The third kappa shape index (κ3) is 2.47. The van der Waals surface area contributed by atoms with Crippen molar-refractivity contribution in [2.24, 2.45) is 0 Å². The van der Waals surface area contributed by atoms with Crippen LogP contribution in [0.4, 0.5) is 0 Å². The van der Waals surface area contributed by atoms with E-state index in [2.05, 4.69) is 39.7 Å². The van der Waals surface area contributed by atoms with Crippen LogP contribution in [0.25, 0.3) is 0 Å². The number of aryl methyl sites for hydroxylation is 1. The lowest BCUT2D eigenvalue weighted by atomic mass is 9.82. The number of aromatic nitrogens is 2. The van der Waals surface area contributed by atoms with E-state index in [1.165, 1.54) is 17.5 Å². The van der Waals surface area contributed by atoms with E-state index in [4.69, 9.17) is 9.26 Å². The standard InChI is InChI=1S/C16H19N3O2/c1-2-6-12-11(4-1)5-3-7-13(12)15-18-16(21-19-15)14-10-17-8-9-20-14/h1-2,4,6,13-14,17H,3,5,7-10H2. The molecule has 1 aliphatic heterocycles. The molecular formula is C16H19N3O2. The summed E-state index contributed by atoms with van der Waals surface area (Å²) in [6.07, 6.45) is 3.29. The molecule has 1 N–H and O–H groups in total. The van der Waals surface area contributed by atoms with Crippen LogP contribution in [0.2, 0.25) is 0 Å². The summed E-state index contributed by atoms with van der Waals surface area (Å²) in [4.78, 5) is 4.61. The van der Waals surface area contributed by atoms with Gasteiger partial charge in [0.1, 0.15) is 6.10 Å². The van der Waals surface area contributed by atoms with Gasteiger partial charge < -0.3 is 14.6 Å². The van der Waals surface area contributed by atoms with Crippen LogP contribution in [0.5, 0.6) is 0 Å². The van der Waals surface area contributed by atoms with Crippen LogP contribution in [-0.2, 0) is 11.2 Å². The van der Waals surface area contributed by atoms with E-state index >= 15 is 0 Å². The Hall–Kier alpha value is -1.72. The molecule has 1 aromatic heterocycles. The number of fused-ring (bicyclic) bond motifs is 1. The minimum Gasteiger partial charge on any atom is -0.366 e. The first-order chi connectivity index (χ1) is 10.4. The number of nitrogens with zero attached hydrogens (tertiary/aromatic N) is 2. The van der Waals surface area contributed by atoms with Gasteiger partial charge in [0.15, 0.2) is 5.82 Å². The molecule has 1 aromatic carbocycles. The molecule has 110 valence electrons. The van der Waals surface area contributed by atoms with Gasteiger partial charge in [-0.2, -0.15) is 4.98 Å². The monoisotopic (exact) mass is 285 g/mol. The summed E-state index contributed by atoms with van der Waals surface area (Å²) in [5.41, 5.74) is 2.76. The maximum Gasteiger partial charge on any atom is 0.257 e. The highest BCUT2D eigenvalue weighted by Crippen LogP contribution is 2.35. The Balaban J connectivity index is 1.61. The van der Waals surface area contributed by atoms with Crippen LogP contribution >= 0.6 is 0 Å². The zero-order chi connectivity index (χ0) is 14.1. The molecule has 0 spiro atoms. The van der Waals surface area contributed by atoms with E-state index in [0.717, 1.165) is 31.8 Å². The van der Waals surface area contributed by atoms with Crippen LogP contribution in [0, 0.1) is 0 Å². The first-order valence-corrected chi connectivity index (χ1v) is 7.65. The highest BCUT2D eigenvalue weighted by Gasteiger charge is 2.28. The Morgan fingerprint density at radius 1 is 1.24 bits per heavy atom. The van der Waals surface area contributed by atoms with Gasteiger partial charge in [0.2, 0.25) is 0 Å². The van der Waals surface area contributed by atoms with Crippen molar-refractivity contribution >= 4 is 0 Å². The number of ether oxygens (including phenoxy) is 1. The van der Waals surface area contributed by atoms with Crippen molar-refractivity contribution < 1.29 is 9.26 Å². The Kier molecular flexibility index (Phi) is 3.45. The van der Waals surface area contributed by atoms with Crippen molar-refractivity contribution in [2.75, 3.05) is 19.7 Å². The molecule has 0 radical (unpaired) electrons. The molecular weight excluding hydrogens is 266 g/mol. The van der Waals surface area contributed by atoms with Gasteiger partial charge in [-0.1, -0.05) is 29.4 Å². The molecule has 21 heavy (non-hydrogen) atoms. The molecule has 2 aliphatic rings. The van der Waals surface area contributed by atoms with E-state index < -0.39 is 0 Å².